The fourth-order valence-corrected chi connectivity index (χ4v) is 2.96. The molecule has 0 saturated heterocycles. The van der Waals surface area contributed by atoms with Crippen LogP contribution in [-0.4, -0.2) is 31.2 Å². The monoisotopic (exact) mass is 344 g/mol. The van der Waals surface area contributed by atoms with Gasteiger partial charge in [0.1, 0.15) is 0 Å². The molecule has 0 atom stereocenters. The van der Waals surface area contributed by atoms with Crippen LogP contribution in [0.15, 0.2) is 23.1 Å². The number of hydrogen-bond acceptors (Lipinski definition) is 4. The molecule has 1 fully saturated rings. The standard InChI is InChI=1S/C19H24N2O4/c1-4-5-8-20-18(22)15-11-21(12-6-7-12)19(23)14-10-17(25-3)16(24-2)9-13(14)15/h9-12H,4-8H2,1-3H3,(H,20,22). The van der Waals surface area contributed by atoms with Crippen LogP contribution < -0.4 is 20.3 Å². The van der Waals surface area contributed by atoms with Crippen LogP contribution in [0.25, 0.3) is 10.8 Å². The number of pyridine rings is 1. The number of carbonyl (C=O) groups is 1. The van der Waals surface area contributed by atoms with Crippen molar-refractivity contribution in [1.82, 2.24) is 9.88 Å². The van der Waals surface area contributed by atoms with E-state index in [-0.39, 0.29) is 17.5 Å². The quantitative estimate of drug-likeness (QED) is 0.784. The number of unbranched alkanes of at least 4 members (excludes halogenated alkanes) is 1. The largest absolute Gasteiger partial charge is 0.493 e. The number of nitrogens with zero attached hydrogens (tertiary/aromatic N) is 1. The number of fused-ring (bicyclic) bond motifs is 1. The smallest absolute Gasteiger partial charge is 0.258 e. The van der Waals surface area contributed by atoms with Crippen LogP contribution in [0.2, 0.25) is 0 Å². The van der Waals surface area contributed by atoms with E-state index in [4.69, 9.17) is 9.47 Å². The topological polar surface area (TPSA) is 69.6 Å². The summed E-state index contributed by atoms with van der Waals surface area (Å²) in [7, 11) is 3.07. The summed E-state index contributed by atoms with van der Waals surface area (Å²) in [5, 5.41) is 4.01. The average molecular weight is 344 g/mol. The lowest BCUT2D eigenvalue weighted by Gasteiger charge is -2.15. The molecule has 0 bridgehead atoms. The Bertz CT molecular complexity index is 853. The first-order valence-corrected chi connectivity index (χ1v) is 8.69. The number of benzene rings is 1. The minimum Gasteiger partial charge on any atom is -0.493 e. The van der Waals surface area contributed by atoms with Gasteiger partial charge in [0.2, 0.25) is 0 Å². The highest BCUT2D eigenvalue weighted by Crippen LogP contribution is 2.36. The second-order valence-corrected chi connectivity index (χ2v) is 6.35. The van der Waals surface area contributed by atoms with E-state index < -0.39 is 0 Å². The zero-order chi connectivity index (χ0) is 18.0. The van der Waals surface area contributed by atoms with E-state index >= 15 is 0 Å². The number of nitrogens with one attached hydrogen (secondary N) is 1. The van der Waals surface area contributed by atoms with E-state index in [0.29, 0.717) is 34.4 Å². The maximum absolute atomic E-state index is 12.8. The number of hydrogen-bond donors (Lipinski definition) is 1. The van der Waals surface area contributed by atoms with Crippen molar-refractivity contribution in [2.24, 2.45) is 0 Å². The maximum Gasteiger partial charge on any atom is 0.258 e. The minimum absolute atomic E-state index is 0.0939. The number of methoxy groups -OCH3 is 2. The summed E-state index contributed by atoms with van der Waals surface area (Å²) in [5.74, 6) is 0.819. The number of carbonyl (C=O) groups excluding carboxylic acids is 1. The van der Waals surface area contributed by atoms with Gasteiger partial charge in [0.15, 0.2) is 11.5 Å². The highest BCUT2D eigenvalue weighted by Gasteiger charge is 2.27. The Hall–Kier alpha value is -2.50. The van der Waals surface area contributed by atoms with Gasteiger partial charge < -0.3 is 19.4 Å². The summed E-state index contributed by atoms with van der Waals surface area (Å²) in [4.78, 5) is 25.5. The SMILES string of the molecule is CCCCNC(=O)c1cn(C2CC2)c(=O)c2cc(OC)c(OC)cc12. The molecule has 2 aromatic rings. The van der Waals surface area contributed by atoms with E-state index in [0.717, 1.165) is 25.7 Å². The van der Waals surface area contributed by atoms with Gasteiger partial charge in [-0.3, -0.25) is 9.59 Å². The Kier molecular flexibility index (Phi) is 4.97. The fraction of sp³-hybridized carbons (Fsp3) is 0.474. The first kappa shape index (κ1) is 17.3. The fourth-order valence-electron chi connectivity index (χ4n) is 2.96. The molecule has 6 heteroatoms. The lowest BCUT2D eigenvalue weighted by Crippen LogP contribution is -2.28. The van der Waals surface area contributed by atoms with Gasteiger partial charge in [0, 0.05) is 24.2 Å². The van der Waals surface area contributed by atoms with Crippen LogP contribution >= 0.6 is 0 Å². The van der Waals surface area contributed by atoms with Gasteiger partial charge in [-0.25, -0.2) is 0 Å². The molecule has 0 spiro atoms. The molecule has 1 amide bonds. The molecule has 1 N–H and O–H groups in total. The van der Waals surface area contributed by atoms with Gasteiger partial charge in [-0.2, -0.15) is 0 Å². The molecular weight excluding hydrogens is 320 g/mol. The molecule has 3 rings (SSSR count). The summed E-state index contributed by atoms with van der Waals surface area (Å²) < 4.78 is 12.3. The molecule has 1 aromatic heterocycles. The number of aromatic nitrogens is 1. The molecule has 134 valence electrons. The molecule has 1 aliphatic carbocycles. The highest BCUT2D eigenvalue weighted by molar-refractivity contribution is 6.07. The van der Waals surface area contributed by atoms with Gasteiger partial charge in [0.05, 0.1) is 25.2 Å². The van der Waals surface area contributed by atoms with Crippen molar-refractivity contribution in [2.75, 3.05) is 20.8 Å². The molecule has 1 aliphatic rings. The Morgan fingerprint density at radius 1 is 1.20 bits per heavy atom. The van der Waals surface area contributed by atoms with Crippen molar-refractivity contribution in [2.45, 2.75) is 38.6 Å². The van der Waals surface area contributed by atoms with Gasteiger partial charge in [-0.1, -0.05) is 13.3 Å². The second-order valence-electron chi connectivity index (χ2n) is 6.35. The average Bonchev–Trinajstić information content (AvgIpc) is 3.46. The number of rotatable bonds is 7. The number of ether oxygens (including phenoxy) is 2. The molecule has 0 radical (unpaired) electrons. The van der Waals surface area contributed by atoms with Crippen molar-refractivity contribution < 1.29 is 14.3 Å². The lowest BCUT2D eigenvalue weighted by molar-refractivity contribution is 0.0954. The van der Waals surface area contributed by atoms with Crippen LogP contribution in [-0.2, 0) is 0 Å². The summed E-state index contributed by atoms with van der Waals surface area (Å²) in [6.07, 6.45) is 5.55. The molecule has 6 nitrogen and oxygen atoms in total. The Morgan fingerprint density at radius 3 is 2.40 bits per heavy atom. The van der Waals surface area contributed by atoms with E-state index in [1.54, 1.807) is 22.9 Å². The van der Waals surface area contributed by atoms with Crippen LogP contribution in [0.3, 0.4) is 0 Å². The highest BCUT2D eigenvalue weighted by atomic mass is 16.5. The minimum atomic E-state index is -0.167. The van der Waals surface area contributed by atoms with Gasteiger partial charge >= 0.3 is 0 Å². The van der Waals surface area contributed by atoms with Crippen LogP contribution in [0, 0.1) is 0 Å². The first-order valence-electron chi connectivity index (χ1n) is 8.69. The van der Waals surface area contributed by atoms with E-state index in [9.17, 15) is 9.59 Å². The van der Waals surface area contributed by atoms with Crippen molar-refractivity contribution in [3.05, 3.63) is 34.2 Å². The van der Waals surface area contributed by atoms with Crippen LogP contribution in [0.5, 0.6) is 11.5 Å². The van der Waals surface area contributed by atoms with Gasteiger partial charge in [-0.15, -0.1) is 0 Å². The first-order chi connectivity index (χ1) is 12.1. The van der Waals surface area contributed by atoms with Gasteiger partial charge in [0.25, 0.3) is 11.5 Å². The van der Waals surface area contributed by atoms with Crippen molar-refractivity contribution >= 4 is 16.7 Å². The predicted octanol–water partition coefficient (Wildman–Crippen LogP) is 2.88. The molecule has 25 heavy (non-hydrogen) atoms. The second kappa shape index (κ2) is 7.17. The third-order valence-electron chi connectivity index (χ3n) is 4.55. The molecule has 0 unspecified atom stereocenters. The van der Waals surface area contributed by atoms with E-state index in [2.05, 4.69) is 12.2 Å². The Morgan fingerprint density at radius 2 is 1.84 bits per heavy atom. The zero-order valence-corrected chi connectivity index (χ0v) is 14.9. The summed E-state index contributed by atoms with van der Waals surface area (Å²) in [5.41, 5.74) is 0.405. The summed E-state index contributed by atoms with van der Waals surface area (Å²) >= 11 is 0. The lowest BCUT2D eigenvalue weighted by atomic mass is 10.1. The maximum atomic E-state index is 12.8. The third kappa shape index (κ3) is 3.34. The van der Waals surface area contributed by atoms with Crippen molar-refractivity contribution in [3.8, 4) is 11.5 Å². The Labute approximate surface area is 146 Å². The third-order valence-corrected chi connectivity index (χ3v) is 4.55. The summed E-state index contributed by atoms with van der Waals surface area (Å²) in [6, 6.07) is 3.56. The molecule has 0 aliphatic heterocycles. The van der Waals surface area contributed by atoms with Crippen LogP contribution in [0.4, 0.5) is 0 Å². The molecule has 1 aromatic carbocycles. The molecule has 1 saturated carbocycles. The normalized spacial score (nSPS) is 13.7. The summed E-state index contributed by atoms with van der Waals surface area (Å²) in [6.45, 7) is 2.69. The number of amides is 1. The van der Waals surface area contributed by atoms with Gasteiger partial charge in [-0.05, 0) is 31.4 Å². The molecule has 1 heterocycles. The van der Waals surface area contributed by atoms with E-state index in [1.165, 1.54) is 14.2 Å². The van der Waals surface area contributed by atoms with Crippen molar-refractivity contribution in [3.63, 3.8) is 0 Å². The van der Waals surface area contributed by atoms with Crippen LogP contribution in [0.1, 0.15) is 49.0 Å². The Balaban J connectivity index is 2.17. The molecular formula is C19H24N2O4. The predicted molar refractivity (Wildman–Crippen MR) is 96.8 cm³/mol. The van der Waals surface area contributed by atoms with E-state index in [1.807, 2.05) is 0 Å². The van der Waals surface area contributed by atoms with Crippen molar-refractivity contribution in [1.29, 1.82) is 0 Å². The zero-order valence-electron chi connectivity index (χ0n) is 14.9.